The van der Waals surface area contributed by atoms with E-state index in [0.29, 0.717) is 24.5 Å². The molecule has 2 aliphatic rings. The normalized spacial score (nSPS) is 24.3. The number of rotatable bonds is 5. The van der Waals surface area contributed by atoms with Gasteiger partial charge < -0.3 is 14.8 Å². The Bertz CT molecular complexity index is 1020. The monoisotopic (exact) mass is 407 g/mol. The van der Waals surface area contributed by atoms with E-state index >= 15 is 0 Å². The molecule has 2 aromatic heterocycles. The first-order valence-corrected chi connectivity index (χ1v) is 11.0. The molecular weight excluding hydrogens is 378 g/mol. The Hall–Kier alpha value is -2.67. The van der Waals surface area contributed by atoms with Gasteiger partial charge in [0.2, 0.25) is 11.8 Å². The molecule has 158 valence electrons. The predicted molar refractivity (Wildman–Crippen MR) is 117 cm³/mol. The minimum atomic E-state index is 0.0316. The highest BCUT2D eigenvalue weighted by Crippen LogP contribution is 2.33. The van der Waals surface area contributed by atoms with Crippen LogP contribution in [0.2, 0.25) is 0 Å². The minimum absolute atomic E-state index is 0.0316. The van der Waals surface area contributed by atoms with Crippen LogP contribution in [-0.2, 0) is 11.8 Å². The number of benzene rings is 1. The second kappa shape index (κ2) is 8.22. The van der Waals surface area contributed by atoms with Crippen molar-refractivity contribution in [3.05, 3.63) is 30.6 Å². The van der Waals surface area contributed by atoms with E-state index in [0.717, 1.165) is 53.8 Å². The molecule has 7 nitrogen and oxygen atoms in total. The molecule has 2 fully saturated rings. The molecule has 3 aromatic rings. The van der Waals surface area contributed by atoms with Gasteiger partial charge >= 0.3 is 0 Å². The lowest BCUT2D eigenvalue weighted by Gasteiger charge is -2.27. The third-order valence-corrected chi connectivity index (χ3v) is 6.20. The summed E-state index contributed by atoms with van der Waals surface area (Å²) in [6.45, 7) is 3.67. The zero-order valence-electron chi connectivity index (χ0n) is 17.7. The maximum Gasteiger partial charge on any atom is 0.226 e. The fourth-order valence-electron chi connectivity index (χ4n) is 4.39. The van der Waals surface area contributed by atoms with Crippen molar-refractivity contribution >= 4 is 16.9 Å². The number of nitrogens with one attached hydrogen (secondary N) is 1. The first-order valence-electron chi connectivity index (χ1n) is 11.0. The lowest BCUT2D eigenvalue weighted by Crippen LogP contribution is -2.26. The number of aryl methyl sites for hydroxylation is 1. The number of nitrogens with zero attached hydrogens (tertiary/aromatic N) is 4. The average molecular weight is 408 g/mol. The first kappa shape index (κ1) is 19.3. The molecular formula is C23H29N5O2. The molecule has 7 heteroatoms. The number of hydrogen-bond acceptors (Lipinski definition) is 6. The number of ether oxygens (including phenoxy) is 2. The Morgan fingerprint density at radius 3 is 2.83 bits per heavy atom. The maximum atomic E-state index is 6.29. The van der Waals surface area contributed by atoms with Crippen molar-refractivity contribution in [2.45, 2.75) is 51.2 Å². The van der Waals surface area contributed by atoms with E-state index in [4.69, 9.17) is 14.5 Å². The topological polar surface area (TPSA) is 74.1 Å². The molecule has 0 spiro atoms. The van der Waals surface area contributed by atoms with Crippen molar-refractivity contribution in [2.24, 2.45) is 13.0 Å². The average Bonchev–Trinajstić information content (AvgIpc) is 3.38. The molecule has 1 N–H and O–H groups in total. The Balaban J connectivity index is 1.45. The summed E-state index contributed by atoms with van der Waals surface area (Å²) in [4.78, 5) is 9.42. The lowest BCUT2D eigenvalue weighted by molar-refractivity contribution is 0.138. The molecule has 3 heterocycles. The molecule has 0 radical (unpaired) electrons. The lowest BCUT2D eigenvalue weighted by atomic mass is 9.87. The van der Waals surface area contributed by atoms with Crippen LogP contribution in [0, 0.1) is 5.92 Å². The van der Waals surface area contributed by atoms with Crippen LogP contribution < -0.4 is 10.1 Å². The summed E-state index contributed by atoms with van der Waals surface area (Å²) in [5, 5.41) is 9.08. The van der Waals surface area contributed by atoms with E-state index in [1.807, 2.05) is 30.2 Å². The van der Waals surface area contributed by atoms with Crippen molar-refractivity contribution in [3.63, 3.8) is 0 Å². The number of fused-ring (bicyclic) bond motifs is 1. The molecule has 1 saturated carbocycles. The fraction of sp³-hybridized carbons (Fsp3) is 0.522. The standard InChI is InChI=1S/C23H29N5O2/c1-15-3-6-18(7-4-15)25-23-24-12-20(22(26-23)30-19-9-10-29-14-19)16-5-8-21-17(11-16)13-28(2)27-21/h5,8,11-13,15,18-19H,3-4,6-7,9-10,14H2,1-2H3,(H,24,25,26)/t15-,18-,19-/m1/s1. The maximum absolute atomic E-state index is 6.29. The highest BCUT2D eigenvalue weighted by atomic mass is 16.5. The summed E-state index contributed by atoms with van der Waals surface area (Å²) < 4.78 is 13.6. The SMILES string of the molecule is Cn1cc2cc(-c3cnc(N[C@H]4CC[C@H](C)CC4)nc3O[C@@H]3CCOC3)ccc2n1. The van der Waals surface area contributed by atoms with Crippen LogP contribution in [0.3, 0.4) is 0 Å². The summed E-state index contributed by atoms with van der Waals surface area (Å²) >= 11 is 0. The number of anilines is 1. The second-order valence-electron chi connectivity index (χ2n) is 8.69. The molecule has 0 unspecified atom stereocenters. The van der Waals surface area contributed by atoms with Gasteiger partial charge in [0, 0.05) is 37.3 Å². The predicted octanol–water partition coefficient (Wildman–Crippen LogP) is 4.19. The second-order valence-corrected chi connectivity index (χ2v) is 8.69. The van der Waals surface area contributed by atoms with E-state index in [9.17, 15) is 0 Å². The number of hydrogen-bond donors (Lipinski definition) is 1. The molecule has 0 amide bonds. The van der Waals surface area contributed by atoms with Crippen LogP contribution in [0.25, 0.3) is 22.0 Å². The Morgan fingerprint density at radius 1 is 1.17 bits per heavy atom. The van der Waals surface area contributed by atoms with Crippen LogP contribution in [0.1, 0.15) is 39.0 Å². The van der Waals surface area contributed by atoms with Gasteiger partial charge in [0.25, 0.3) is 0 Å². The van der Waals surface area contributed by atoms with Gasteiger partial charge in [-0.05, 0) is 49.3 Å². The Labute approximate surface area is 176 Å². The zero-order valence-corrected chi connectivity index (χ0v) is 17.7. The molecule has 1 aliphatic carbocycles. The molecule has 0 bridgehead atoms. The van der Waals surface area contributed by atoms with E-state index in [2.05, 4.69) is 34.5 Å². The minimum Gasteiger partial charge on any atom is -0.471 e. The van der Waals surface area contributed by atoms with E-state index < -0.39 is 0 Å². The summed E-state index contributed by atoms with van der Waals surface area (Å²) in [5.74, 6) is 2.08. The summed E-state index contributed by atoms with van der Waals surface area (Å²) in [6.07, 6.45) is 9.65. The highest BCUT2D eigenvalue weighted by molar-refractivity contribution is 5.85. The van der Waals surface area contributed by atoms with Crippen molar-refractivity contribution < 1.29 is 9.47 Å². The van der Waals surface area contributed by atoms with Crippen molar-refractivity contribution in [1.82, 2.24) is 19.7 Å². The van der Waals surface area contributed by atoms with Crippen LogP contribution in [0.5, 0.6) is 5.88 Å². The molecule has 1 atom stereocenters. The first-order chi connectivity index (χ1) is 14.6. The summed E-state index contributed by atoms with van der Waals surface area (Å²) in [6, 6.07) is 6.64. The number of aromatic nitrogens is 4. The smallest absolute Gasteiger partial charge is 0.226 e. The van der Waals surface area contributed by atoms with Crippen LogP contribution in [0.4, 0.5) is 5.95 Å². The van der Waals surface area contributed by atoms with Gasteiger partial charge in [0.05, 0.1) is 24.3 Å². The third kappa shape index (κ3) is 4.12. The van der Waals surface area contributed by atoms with Gasteiger partial charge in [-0.3, -0.25) is 4.68 Å². The summed E-state index contributed by atoms with van der Waals surface area (Å²) in [7, 11) is 1.93. The van der Waals surface area contributed by atoms with Crippen molar-refractivity contribution in [2.75, 3.05) is 18.5 Å². The third-order valence-electron chi connectivity index (χ3n) is 6.20. The van der Waals surface area contributed by atoms with Gasteiger partial charge in [-0.25, -0.2) is 4.98 Å². The van der Waals surface area contributed by atoms with Crippen molar-refractivity contribution in [1.29, 1.82) is 0 Å². The van der Waals surface area contributed by atoms with Gasteiger partial charge in [-0.1, -0.05) is 13.0 Å². The van der Waals surface area contributed by atoms with Crippen LogP contribution in [-0.4, -0.2) is 45.1 Å². The quantitative estimate of drug-likeness (QED) is 0.684. The zero-order chi connectivity index (χ0) is 20.5. The van der Waals surface area contributed by atoms with Gasteiger partial charge in [-0.15, -0.1) is 0 Å². The van der Waals surface area contributed by atoms with E-state index in [1.165, 1.54) is 12.8 Å². The van der Waals surface area contributed by atoms with Crippen LogP contribution in [0.15, 0.2) is 30.6 Å². The van der Waals surface area contributed by atoms with E-state index in [-0.39, 0.29) is 6.10 Å². The molecule has 5 rings (SSSR count). The fourth-order valence-corrected chi connectivity index (χ4v) is 4.39. The molecule has 1 saturated heterocycles. The van der Waals surface area contributed by atoms with Gasteiger partial charge in [0.15, 0.2) is 0 Å². The Kier molecular flexibility index (Phi) is 5.29. The van der Waals surface area contributed by atoms with E-state index in [1.54, 1.807) is 0 Å². The van der Waals surface area contributed by atoms with Gasteiger partial charge in [0.1, 0.15) is 6.10 Å². The molecule has 1 aromatic carbocycles. The Morgan fingerprint density at radius 2 is 2.03 bits per heavy atom. The molecule has 1 aliphatic heterocycles. The summed E-state index contributed by atoms with van der Waals surface area (Å²) in [5.41, 5.74) is 2.90. The van der Waals surface area contributed by atoms with Crippen LogP contribution >= 0.6 is 0 Å². The van der Waals surface area contributed by atoms with Gasteiger partial charge in [-0.2, -0.15) is 10.1 Å². The largest absolute Gasteiger partial charge is 0.471 e. The highest BCUT2D eigenvalue weighted by Gasteiger charge is 2.23. The molecule has 30 heavy (non-hydrogen) atoms. The van der Waals surface area contributed by atoms with Crippen molar-refractivity contribution in [3.8, 4) is 17.0 Å².